The van der Waals surface area contributed by atoms with Gasteiger partial charge < -0.3 is 5.73 Å². The average molecular weight is 324 g/mol. The number of carbonyl (C=O) groups is 2. The predicted octanol–water partition coefficient (Wildman–Crippen LogP) is 1.61. The standard InChI is InChI=1S/C13H7Cl2N3O3/c14-5-1-2-7(15)8(3-5)18-9(19)4-6-10(11(18)16)13(21)17-12(6)20/h1-4H,16H2,(H,17,20,21). The highest BCUT2D eigenvalue weighted by Crippen LogP contribution is 2.28. The van der Waals surface area contributed by atoms with Crippen molar-refractivity contribution in [2.45, 2.75) is 0 Å². The molecule has 0 unspecified atom stereocenters. The molecule has 3 rings (SSSR count). The SMILES string of the molecule is Nc1c2c(cc(=O)n1-c1cc(Cl)ccc1Cl)C(=O)NC2=O. The van der Waals surface area contributed by atoms with Crippen molar-refractivity contribution in [2.24, 2.45) is 0 Å². The van der Waals surface area contributed by atoms with Gasteiger partial charge in [0.25, 0.3) is 17.4 Å². The molecule has 1 aliphatic heterocycles. The van der Waals surface area contributed by atoms with E-state index in [4.69, 9.17) is 28.9 Å². The van der Waals surface area contributed by atoms with Crippen molar-refractivity contribution in [3.05, 3.63) is 55.8 Å². The number of nitrogens with zero attached hydrogens (tertiary/aromatic N) is 1. The molecule has 1 aliphatic rings. The number of nitrogens with two attached hydrogens (primary N) is 1. The topological polar surface area (TPSA) is 94.2 Å². The molecule has 1 aromatic heterocycles. The van der Waals surface area contributed by atoms with Crippen molar-refractivity contribution in [2.75, 3.05) is 5.73 Å². The number of benzene rings is 1. The monoisotopic (exact) mass is 323 g/mol. The van der Waals surface area contributed by atoms with Gasteiger partial charge in [0.1, 0.15) is 5.82 Å². The van der Waals surface area contributed by atoms with E-state index in [1.54, 1.807) is 6.07 Å². The van der Waals surface area contributed by atoms with Crippen molar-refractivity contribution in [1.82, 2.24) is 9.88 Å². The van der Waals surface area contributed by atoms with Crippen molar-refractivity contribution in [3.8, 4) is 5.69 Å². The molecule has 3 N–H and O–H groups in total. The summed E-state index contributed by atoms with van der Waals surface area (Å²) in [5, 5.41) is 2.67. The van der Waals surface area contributed by atoms with E-state index in [0.717, 1.165) is 10.6 Å². The molecule has 0 saturated carbocycles. The predicted molar refractivity (Wildman–Crippen MR) is 78.3 cm³/mol. The van der Waals surface area contributed by atoms with E-state index in [1.165, 1.54) is 12.1 Å². The van der Waals surface area contributed by atoms with Crippen molar-refractivity contribution < 1.29 is 9.59 Å². The molecule has 106 valence electrons. The Bertz CT molecular complexity index is 874. The third-order valence-corrected chi connectivity index (χ3v) is 3.66. The molecule has 0 saturated heterocycles. The number of hydrogen-bond acceptors (Lipinski definition) is 4. The second-order valence-electron chi connectivity index (χ2n) is 4.37. The minimum Gasteiger partial charge on any atom is -0.384 e. The Kier molecular flexibility index (Phi) is 3.00. The van der Waals surface area contributed by atoms with E-state index in [9.17, 15) is 14.4 Å². The zero-order valence-corrected chi connectivity index (χ0v) is 11.8. The van der Waals surface area contributed by atoms with Crippen LogP contribution in [0, 0.1) is 0 Å². The van der Waals surface area contributed by atoms with E-state index in [-0.39, 0.29) is 27.7 Å². The van der Waals surface area contributed by atoms with Crippen LogP contribution in [0.5, 0.6) is 0 Å². The number of nitrogen functional groups attached to an aromatic ring is 1. The molecule has 0 atom stereocenters. The first-order chi connectivity index (χ1) is 9.90. The molecular weight excluding hydrogens is 317 g/mol. The number of anilines is 1. The number of fused-ring (bicyclic) bond motifs is 1. The third-order valence-electron chi connectivity index (χ3n) is 3.10. The van der Waals surface area contributed by atoms with Gasteiger partial charge in [0, 0.05) is 11.1 Å². The molecule has 2 aromatic rings. The minimum atomic E-state index is -0.653. The zero-order chi connectivity index (χ0) is 15.3. The average Bonchev–Trinajstić information content (AvgIpc) is 2.68. The van der Waals surface area contributed by atoms with Gasteiger partial charge in [-0.15, -0.1) is 0 Å². The smallest absolute Gasteiger partial charge is 0.262 e. The Hall–Kier alpha value is -2.31. The number of aromatic nitrogens is 1. The molecule has 6 nitrogen and oxygen atoms in total. The van der Waals surface area contributed by atoms with Gasteiger partial charge in [-0.2, -0.15) is 0 Å². The summed E-state index contributed by atoms with van der Waals surface area (Å²) in [5.41, 5.74) is 5.45. The summed E-state index contributed by atoms with van der Waals surface area (Å²) < 4.78 is 1.05. The van der Waals surface area contributed by atoms with Gasteiger partial charge in [-0.05, 0) is 18.2 Å². The first kappa shape index (κ1) is 13.7. The van der Waals surface area contributed by atoms with Crippen molar-refractivity contribution in [3.63, 3.8) is 0 Å². The Labute approximate surface area is 128 Å². The fourth-order valence-corrected chi connectivity index (χ4v) is 2.55. The van der Waals surface area contributed by atoms with E-state index in [0.29, 0.717) is 5.02 Å². The van der Waals surface area contributed by atoms with Crippen LogP contribution in [0.15, 0.2) is 29.1 Å². The van der Waals surface area contributed by atoms with Gasteiger partial charge in [-0.25, -0.2) is 0 Å². The summed E-state index contributed by atoms with van der Waals surface area (Å²) in [6.45, 7) is 0. The lowest BCUT2D eigenvalue weighted by molar-refractivity contribution is 0.0880. The van der Waals surface area contributed by atoms with Gasteiger partial charge in [-0.3, -0.25) is 24.3 Å². The Morgan fingerprint density at radius 3 is 2.48 bits per heavy atom. The van der Waals surface area contributed by atoms with Gasteiger partial charge >= 0.3 is 0 Å². The first-order valence-corrected chi connectivity index (χ1v) is 6.52. The van der Waals surface area contributed by atoms with E-state index < -0.39 is 17.4 Å². The van der Waals surface area contributed by atoms with Crippen LogP contribution in [0.3, 0.4) is 0 Å². The number of hydrogen-bond donors (Lipinski definition) is 2. The highest BCUT2D eigenvalue weighted by atomic mass is 35.5. The highest BCUT2D eigenvalue weighted by molar-refractivity contribution is 6.34. The first-order valence-electron chi connectivity index (χ1n) is 5.77. The van der Waals surface area contributed by atoms with E-state index in [2.05, 4.69) is 5.32 Å². The molecule has 21 heavy (non-hydrogen) atoms. The van der Waals surface area contributed by atoms with Gasteiger partial charge in [-0.1, -0.05) is 23.2 Å². The number of rotatable bonds is 1. The third kappa shape index (κ3) is 2.00. The molecule has 0 spiro atoms. The van der Waals surface area contributed by atoms with E-state index >= 15 is 0 Å². The molecule has 0 fully saturated rings. The molecule has 0 radical (unpaired) electrons. The lowest BCUT2D eigenvalue weighted by atomic mass is 10.1. The fraction of sp³-hybridized carbons (Fsp3) is 0. The van der Waals surface area contributed by atoms with Crippen LogP contribution >= 0.6 is 23.2 Å². The summed E-state index contributed by atoms with van der Waals surface area (Å²) in [4.78, 5) is 35.5. The number of amides is 2. The highest BCUT2D eigenvalue weighted by Gasteiger charge is 2.32. The summed E-state index contributed by atoms with van der Waals surface area (Å²) in [5.74, 6) is -1.47. The summed E-state index contributed by atoms with van der Waals surface area (Å²) in [6, 6.07) is 5.55. The van der Waals surface area contributed by atoms with Gasteiger partial charge in [0.2, 0.25) is 0 Å². The largest absolute Gasteiger partial charge is 0.384 e. The summed E-state index contributed by atoms with van der Waals surface area (Å²) >= 11 is 11.9. The Balaban J connectivity index is 2.38. The van der Waals surface area contributed by atoms with Crippen LogP contribution in [0.1, 0.15) is 20.7 Å². The maximum atomic E-state index is 12.2. The van der Waals surface area contributed by atoms with Crippen LogP contribution in [0.25, 0.3) is 5.69 Å². The van der Waals surface area contributed by atoms with Crippen molar-refractivity contribution in [1.29, 1.82) is 0 Å². The number of carbonyl (C=O) groups excluding carboxylic acids is 2. The van der Waals surface area contributed by atoms with Crippen LogP contribution in [-0.4, -0.2) is 16.4 Å². The molecule has 0 bridgehead atoms. The van der Waals surface area contributed by atoms with Crippen LogP contribution in [-0.2, 0) is 0 Å². The summed E-state index contributed by atoms with van der Waals surface area (Å²) in [6.07, 6.45) is 0. The zero-order valence-electron chi connectivity index (χ0n) is 10.3. The molecule has 1 aromatic carbocycles. The Morgan fingerprint density at radius 1 is 1.05 bits per heavy atom. The summed E-state index contributed by atoms with van der Waals surface area (Å²) in [7, 11) is 0. The number of imide groups is 1. The van der Waals surface area contributed by atoms with Crippen LogP contribution < -0.4 is 16.6 Å². The molecule has 0 aliphatic carbocycles. The quantitative estimate of drug-likeness (QED) is 0.779. The van der Waals surface area contributed by atoms with E-state index in [1.807, 2.05) is 0 Å². The molecular formula is C13H7Cl2N3O3. The van der Waals surface area contributed by atoms with Crippen LogP contribution in [0.4, 0.5) is 5.82 Å². The fourth-order valence-electron chi connectivity index (χ4n) is 2.19. The number of nitrogens with one attached hydrogen (secondary N) is 1. The minimum absolute atomic E-state index is 0.0445. The number of pyridine rings is 1. The maximum Gasteiger partial charge on any atom is 0.262 e. The normalized spacial score (nSPS) is 13.2. The lowest BCUT2D eigenvalue weighted by Crippen LogP contribution is -2.24. The number of halogens is 2. The van der Waals surface area contributed by atoms with Gasteiger partial charge in [0.05, 0.1) is 21.8 Å². The molecule has 2 amide bonds. The van der Waals surface area contributed by atoms with Crippen LogP contribution in [0.2, 0.25) is 10.0 Å². The van der Waals surface area contributed by atoms with Gasteiger partial charge in [0.15, 0.2) is 0 Å². The Morgan fingerprint density at radius 2 is 1.76 bits per heavy atom. The van der Waals surface area contributed by atoms with Crippen molar-refractivity contribution >= 4 is 40.8 Å². The second kappa shape index (κ2) is 4.61. The second-order valence-corrected chi connectivity index (χ2v) is 5.21. The molecule has 8 heteroatoms. The lowest BCUT2D eigenvalue weighted by Gasteiger charge is -2.13. The maximum absolute atomic E-state index is 12.2. The molecule has 2 heterocycles.